The number of aromatic amines is 1. The third-order valence-corrected chi connectivity index (χ3v) is 4.77. The normalized spacial score (nSPS) is 10.4. The monoisotopic (exact) mass is 420 g/mol. The molecule has 10 nitrogen and oxygen atoms in total. The molecule has 4 N–H and O–H groups in total. The van der Waals surface area contributed by atoms with E-state index in [9.17, 15) is 19.5 Å². The Kier molecular flexibility index (Phi) is 6.16. The zero-order valence-corrected chi connectivity index (χ0v) is 16.9. The van der Waals surface area contributed by atoms with Crippen molar-refractivity contribution in [3.63, 3.8) is 0 Å². The Morgan fingerprint density at radius 1 is 1.23 bits per heavy atom. The van der Waals surface area contributed by atoms with Crippen LogP contribution in [0.1, 0.15) is 39.3 Å². The minimum Gasteiger partial charge on any atom is -0.504 e. The van der Waals surface area contributed by atoms with E-state index < -0.39 is 17.4 Å². The number of aromatic hydroxyl groups is 1. The van der Waals surface area contributed by atoms with E-state index in [1.165, 1.54) is 10.9 Å². The minimum atomic E-state index is -0.774. The van der Waals surface area contributed by atoms with Gasteiger partial charge in [-0.25, -0.2) is 4.68 Å². The molecule has 0 fully saturated rings. The predicted molar refractivity (Wildman–Crippen MR) is 110 cm³/mol. The zero-order chi connectivity index (χ0) is 22.5. The van der Waals surface area contributed by atoms with Crippen molar-refractivity contribution in [2.45, 2.75) is 26.7 Å². The molecular formula is C21H20N6O4. The first kappa shape index (κ1) is 21.3. The highest BCUT2D eigenvalue weighted by atomic mass is 16.3. The Hall–Kier alpha value is -4.39. The van der Waals surface area contributed by atoms with Crippen LogP contribution in [0.3, 0.4) is 0 Å². The van der Waals surface area contributed by atoms with E-state index in [2.05, 4.69) is 20.9 Å². The van der Waals surface area contributed by atoms with Crippen LogP contribution in [0.4, 0.5) is 0 Å². The average molecular weight is 420 g/mol. The van der Waals surface area contributed by atoms with Crippen LogP contribution >= 0.6 is 0 Å². The summed E-state index contributed by atoms with van der Waals surface area (Å²) in [5, 5.41) is 23.2. The number of amides is 2. The number of para-hydroxylation sites is 1. The molecule has 0 aliphatic carbocycles. The smallest absolute Gasteiger partial charge is 0.294 e. The number of nitrogens with one attached hydrogen (secondary N) is 3. The average Bonchev–Trinajstić information content (AvgIpc) is 3.14. The van der Waals surface area contributed by atoms with Crippen LogP contribution < -0.4 is 16.4 Å². The van der Waals surface area contributed by atoms with Crippen LogP contribution in [0.15, 0.2) is 41.3 Å². The van der Waals surface area contributed by atoms with Gasteiger partial charge in [0, 0.05) is 12.1 Å². The van der Waals surface area contributed by atoms with Crippen molar-refractivity contribution in [3.05, 3.63) is 75.0 Å². The van der Waals surface area contributed by atoms with Crippen LogP contribution in [0.5, 0.6) is 5.75 Å². The summed E-state index contributed by atoms with van der Waals surface area (Å²) in [6.07, 6.45) is 1.56. The molecule has 31 heavy (non-hydrogen) atoms. The van der Waals surface area contributed by atoms with Crippen molar-refractivity contribution in [3.8, 4) is 17.5 Å². The Labute approximate surface area is 177 Å². The molecule has 0 atom stereocenters. The Morgan fingerprint density at radius 3 is 2.61 bits per heavy atom. The standard InChI is InChI=1S/C21H20N6O4/c1-12-15(13(2)23-20(30)16(12)10-22)8-9-18(29)24-25-21(31)19-17(28)11-27(26-19)14-6-4-3-5-7-14/h3-7,11,28H,8-9H2,1-2H3,(H,23,30)(H,24,29)(H,25,31). The molecule has 2 heterocycles. The topological polar surface area (TPSA) is 153 Å². The van der Waals surface area contributed by atoms with Gasteiger partial charge in [0.05, 0.1) is 11.9 Å². The summed E-state index contributed by atoms with van der Waals surface area (Å²) in [4.78, 5) is 38.8. The molecule has 2 aromatic heterocycles. The Morgan fingerprint density at radius 2 is 1.94 bits per heavy atom. The maximum absolute atomic E-state index is 12.3. The largest absolute Gasteiger partial charge is 0.504 e. The molecule has 0 aliphatic heterocycles. The third-order valence-electron chi connectivity index (χ3n) is 4.77. The van der Waals surface area contributed by atoms with Crippen molar-refractivity contribution >= 4 is 11.8 Å². The number of hydrazine groups is 1. The molecule has 158 valence electrons. The highest BCUT2D eigenvalue weighted by molar-refractivity contribution is 5.95. The first-order valence-electron chi connectivity index (χ1n) is 9.37. The molecule has 0 saturated carbocycles. The molecule has 0 unspecified atom stereocenters. The first-order valence-corrected chi connectivity index (χ1v) is 9.37. The van der Waals surface area contributed by atoms with Crippen molar-refractivity contribution in [2.75, 3.05) is 0 Å². The second-order valence-electron chi connectivity index (χ2n) is 6.81. The number of carbonyl (C=O) groups excluding carboxylic acids is 2. The van der Waals surface area contributed by atoms with Crippen LogP contribution in [-0.4, -0.2) is 31.7 Å². The minimum absolute atomic E-state index is 0.00328. The van der Waals surface area contributed by atoms with E-state index in [0.717, 1.165) is 0 Å². The van der Waals surface area contributed by atoms with Crippen molar-refractivity contribution < 1.29 is 14.7 Å². The number of carbonyl (C=O) groups is 2. The van der Waals surface area contributed by atoms with Crippen LogP contribution in [0.25, 0.3) is 5.69 Å². The summed E-state index contributed by atoms with van der Waals surface area (Å²) >= 11 is 0. The Bertz CT molecular complexity index is 1240. The Balaban J connectivity index is 1.61. The fourth-order valence-electron chi connectivity index (χ4n) is 3.15. The molecule has 0 spiro atoms. The van der Waals surface area contributed by atoms with Crippen molar-refractivity contribution in [1.82, 2.24) is 25.6 Å². The number of rotatable bonds is 5. The number of pyridine rings is 1. The lowest BCUT2D eigenvalue weighted by Crippen LogP contribution is -2.42. The maximum atomic E-state index is 12.3. The van der Waals surface area contributed by atoms with E-state index in [1.54, 1.807) is 38.1 Å². The number of hydrogen-bond acceptors (Lipinski definition) is 6. The molecule has 3 rings (SSSR count). The number of H-pyrrole nitrogens is 1. The summed E-state index contributed by atoms with van der Waals surface area (Å²) in [5.41, 5.74) is 6.25. The molecule has 0 saturated heterocycles. The van der Waals surface area contributed by atoms with Gasteiger partial charge in [-0.2, -0.15) is 10.4 Å². The molecule has 0 bridgehead atoms. The molecule has 0 radical (unpaired) electrons. The number of nitrogens with zero attached hydrogens (tertiary/aromatic N) is 3. The summed E-state index contributed by atoms with van der Waals surface area (Å²) < 4.78 is 1.35. The molecule has 3 aromatic rings. The lowest BCUT2D eigenvalue weighted by atomic mass is 9.99. The zero-order valence-electron chi connectivity index (χ0n) is 16.9. The van der Waals surface area contributed by atoms with E-state index in [1.807, 2.05) is 12.1 Å². The highest BCUT2D eigenvalue weighted by Gasteiger charge is 2.18. The van der Waals surface area contributed by atoms with Crippen LogP contribution in [-0.2, 0) is 11.2 Å². The van der Waals surface area contributed by atoms with Gasteiger partial charge in [0.15, 0.2) is 11.4 Å². The van der Waals surface area contributed by atoms with Crippen molar-refractivity contribution in [2.24, 2.45) is 0 Å². The summed E-state index contributed by atoms with van der Waals surface area (Å²) in [6, 6.07) is 10.8. The van der Waals surface area contributed by atoms with Gasteiger partial charge in [0.1, 0.15) is 11.6 Å². The fourth-order valence-corrected chi connectivity index (χ4v) is 3.15. The van der Waals surface area contributed by atoms with Gasteiger partial charge < -0.3 is 10.1 Å². The number of benzene rings is 1. The molecule has 2 amide bonds. The van der Waals surface area contributed by atoms with Gasteiger partial charge >= 0.3 is 0 Å². The van der Waals surface area contributed by atoms with Gasteiger partial charge in [-0.15, -0.1) is 0 Å². The molecule has 0 aliphatic rings. The molecular weight excluding hydrogens is 400 g/mol. The number of hydrogen-bond donors (Lipinski definition) is 4. The SMILES string of the molecule is Cc1[nH]c(=O)c(C#N)c(C)c1CCC(=O)NNC(=O)c1nn(-c2ccccc2)cc1O. The molecule has 1 aromatic carbocycles. The van der Waals surface area contributed by atoms with Gasteiger partial charge in [-0.1, -0.05) is 18.2 Å². The summed E-state index contributed by atoms with van der Waals surface area (Å²) in [7, 11) is 0. The van der Waals surface area contributed by atoms with E-state index in [0.29, 0.717) is 22.5 Å². The van der Waals surface area contributed by atoms with Crippen LogP contribution in [0.2, 0.25) is 0 Å². The van der Waals surface area contributed by atoms with Gasteiger partial charge in [-0.3, -0.25) is 25.2 Å². The van der Waals surface area contributed by atoms with E-state index in [-0.39, 0.29) is 29.8 Å². The lowest BCUT2D eigenvalue weighted by Gasteiger charge is -2.11. The number of aromatic nitrogens is 3. The lowest BCUT2D eigenvalue weighted by molar-refractivity contribution is -0.121. The van der Waals surface area contributed by atoms with Gasteiger partial charge in [0.25, 0.3) is 11.5 Å². The third kappa shape index (κ3) is 4.62. The predicted octanol–water partition coefficient (Wildman–Crippen LogP) is 1.15. The number of nitriles is 1. The molecule has 10 heteroatoms. The van der Waals surface area contributed by atoms with Gasteiger partial charge in [0.2, 0.25) is 5.91 Å². The van der Waals surface area contributed by atoms with Crippen LogP contribution in [0, 0.1) is 25.2 Å². The second kappa shape index (κ2) is 8.96. The van der Waals surface area contributed by atoms with E-state index in [4.69, 9.17) is 5.26 Å². The van der Waals surface area contributed by atoms with E-state index >= 15 is 0 Å². The fraction of sp³-hybridized carbons (Fsp3) is 0.190. The second-order valence-corrected chi connectivity index (χ2v) is 6.81. The summed E-state index contributed by atoms with van der Waals surface area (Å²) in [6.45, 7) is 3.35. The maximum Gasteiger partial charge on any atom is 0.294 e. The summed E-state index contributed by atoms with van der Waals surface area (Å²) in [5.74, 6) is -1.60. The van der Waals surface area contributed by atoms with Crippen molar-refractivity contribution in [1.29, 1.82) is 5.26 Å². The quantitative estimate of drug-likeness (QED) is 0.454. The highest BCUT2D eigenvalue weighted by Crippen LogP contribution is 2.18. The first-order chi connectivity index (χ1) is 14.8. The van der Waals surface area contributed by atoms with Gasteiger partial charge in [-0.05, 0) is 43.5 Å². The number of aryl methyl sites for hydroxylation is 1.